The van der Waals surface area contributed by atoms with E-state index >= 15 is 0 Å². The number of halogens is 9. The van der Waals surface area contributed by atoms with Gasteiger partial charge in [0.1, 0.15) is 23.0 Å². The number of nitrogens with one attached hydrogen (secondary N) is 2. The van der Waals surface area contributed by atoms with Crippen molar-refractivity contribution in [3.8, 4) is 28.7 Å². The number of fused-ring (bicyclic) bond motifs is 1. The van der Waals surface area contributed by atoms with E-state index in [1.54, 1.807) is 18.2 Å². The predicted molar refractivity (Wildman–Crippen MR) is 421 cm³/mol. The Morgan fingerprint density at radius 1 is 0.444 bits per heavy atom. The van der Waals surface area contributed by atoms with E-state index < -0.39 is 116 Å². The van der Waals surface area contributed by atoms with Crippen LogP contribution in [0.25, 0.3) is 0 Å². The number of nitrogens with zero attached hydrogens (tertiary/aromatic N) is 4. The first-order chi connectivity index (χ1) is 59.3. The number of hydrogen-bond donors (Lipinski definition) is 8. The third kappa shape index (κ3) is 13.7. The van der Waals surface area contributed by atoms with Crippen LogP contribution in [-0.4, -0.2) is 244 Å². The van der Waals surface area contributed by atoms with Crippen LogP contribution in [0, 0.1) is 23.7 Å². The van der Waals surface area contributed by atoms with Gasteiger partial charge in [0.05, 0.1) is 55.6 Å². The number of phenols is 2. The molecule has 3 spiro atoms. The molecule has 0 aromatic heterocycles. The first-order valence-corrected chi connectivity index (χ1v) is 46.7. The fraction of sp³-hybridized carbons (Fsp3) is 0.647. The zero-order valence-corrected chi connectivity index (χ0v) is 70.4. The van der Waals surface area contributed by atoms with Crippen molar-refractivity contribution >= 4 is 78.2 Å². The second kappa shape index (κ2) is 30.6. The molecule has 12 aliphatic carbocycles. The van der Waals surface area contributed by atoms with Crippen LogP contribution in [0.2, 0.25) is 0 Å². The normalized spacial score (nSPS) is 34.8. The number of ether oxygens (including phenoxy) is 3. The molecular formula is C85H95F9N6O23S3. The lowest BCUT2D eigenvalue weighted by atomic mass is 9.49. The molecule has 4 aromatic rings. The van der Waals surface area contributed by atoms with Crippen LogP contribution in [-0.2, 0) is 117 Å². The minimum atomic E-state index is -6.85. The van der Waals surface area contributed by atoms with Crippen molar-refractivity contribution in [2.45, 2.75) is 264 Å². The lowest BCUT2D eigenvalue weighted by molar-refractivity contribution is -0.189. The molecule has 23 rings (SSSR count). The number of phenolic OH excluding ortho intramolecular Hbond substituents is 2. The number of Topliss-reactive ketones (excluding diaryl/α,β-unsaturated/α-hetero) is 4. The van der Waals surface area contributed by atoms with Crippen LogP contribution in [0.4, 0.5) is 50.9 Å². The zero-order valence-electron chi connectivity index (χ0n) is 68.0. The van der Waals surface area contributed by atoms with Crippen LogP contribution in [0.3, 0.4) is 0 Å². The second-order valence-corrected chi connectivity index (χ2v) is 41.6. The Balaban J connectivity index is 0.000000107. The van der Waals surface area contributed by atoms with Crippen molar-refractivity contribution in [1.82, 2.24) is 19.6 Å². The number of hydrogen-bond acceptors (Lipinski definition) is 27. The SMILES string of the molecule is O=C1CC[C@@]2(O)[C@H]3Cc4ccc(C(F)(F)F)c5c4[C@@]2(CCN3CC2CC2)[C@H]1O5.O=C1CC[C@@]2(O)[C@H]3Cc4ccc(O)c5c4[C@@]2(CCN3CC2CC2)[C@H]1O5.O=CNc1ccc2c(c1O)[C@]13CCN(CC4CC4)[C@H](C2)[C@]1(O)CCC(=O)C3.O=CNc1ccc2c3c1O[C@H]1C(=O)CC[C@@]4(O)[C@@H](C2)N(CC2CC2)CC[C@]314.O=S(=O)(OS(=O)(=O)C(F)(F)F)C(F)(F)F.O=S(=O)=O. The maximum atomic E-state index is 13.7. The summed E-state index contributed by atoms with van der Waals surface area (Å²) in [5, 5.41) is 74.6. The number of aromatic hydroxyl groups is 2. The summed E-state index contributed by atoms with van der Waals surface area (Å²) in [6, 6.07) is 13.7. The van der Waals surface area contributed by atoms with Crippen molar-refractivity contribution in [2.24, 2.45) is 23.7 Å². The van der Waals surface area contributed by atoms with Crippen LogP contribution >= 0.6 is 0 Å². The molecule has 8 bridgehead atoms. The van der Waals surface area contributed by atoms with Crippen LogP contribution in [0.15, 0.2) is 48.5 Å². The Morgan fingerprint density at radius 3 is 1.17 bits per heavy atom. The van der Waals surface area contributed by atoms with Gasteiger partial charge in [-0.25, -0.2) is 0 Å². The average Bonchev–Trinajstić information content (AvgIpc) is 1.46. The van der Waals surface area contributed by atoms with Gasteiger partial charge in [0.25, 0.3) is 0 Å². The molecule has 4 aromatic carbocycles. The zero-order chi connectivity index (χ0) is 89.9. The highest BCUT2D eigenvalue weighted by Crippen LogP contribution is 2.70. The number of aliphatic hydroxyl groups is 4. The van der Waals surface area contributed by atoms with Gasteiger partial charge in [-0.2, -0.15) is 56.3 Å². The standard InChI is InChI=1S/C21H22F3NO3.C21H24N2O4.C21H26N2O4.C20H23NO4.C2F6O5S2.O3S/c22-21(23,24)13-4-3-12-9-15-20(27)6-5-14(26)18-19(20,16(12)17(13)28-18)7-8-25(15)10-11-1-2-11;24-11-22-14-4-3-13-9-16-21(26)6-5-15(25)19-20(21,17(13)18(14)27-19)7-8-23(16)10-12-1-2-12;24-12-22-16-4-3-14-9-17-21(27)6-5-15(25)10-20(21,18(14)19(16)26)7-8-23(17)11-13-1-2-13;22-13-4-3-12-9-15-20(24)6-5-14(23)18-19(20,16(12)17(13)25-18)7-8-21(15)10-11-1-2-11;3-1(4,5)14(9,10)13-15(11,12)2(6,7)8;1-4(2)3/h3-4,11,15,18,27H,1-2,5-10H2;3-4,11-12,16,19,26H,1-2,5-10H2,(H,22,24);3-4,12-13,17,26-27H,1-2,5-11H2,(H,22,24);3-4,11,15,18,22,24H,1-2,5-10H2;;/t15-,18+,19+,20-;16-,19+,20+,21-;17-,20-,21-;15-,18+,19+,20-;;/m1111../s1. The number of piperidine rings is 4. The lowest BCUT2D eigenvalue weighted by Crippen LogP contribution is -2.76. The first kappa shape index (κ1) is 88.7. The fourth-order valence-corrected chi connectivity index (χ4v) is 27.0. The molecule has 7 heterocycles. The van der Waals surface area contributed by atoms with Crippen LogP contribution in [0.1, 0.15) is 185 Å². The molecule has 4 saturated heterocycles. The maximum absolute atomic E-state index is 13.7. The minimum absolute atomic E-state index is 0.0156. The van der Waals surface area contributed by atoms with E-state index in [1.807, 2.05) is 27.9 Å². The number of likely N-dealkylation sites (tertiary alicyclic amines) is 4. The van der Waals surface area contributed by atoms with Gasteiger partial charge in [0.15, 0.2) is 47.2 Å². The van der Waals surface area contributed by atoms with Crippen molar-refractivity contribution in [3.05, 3.63) is 98.6 Å². The highest BCUT2D eigenvalue weighted by molar-refractivity contribution is 8.00. The number of carbonyl (C=O) groups is 6. The van der Waals surface area contributed by atoms with E-state index in [1.165, 1.54) is 51.4 Å². The molecule has 0 unspecified atom stereocenters. The molecule has 41 heteroatoms. The highest BCUT2D eigenvalue weighted by Gasteiger charge is 2.78. The Labute approximate surface area is 718 Å². The molecule has 684 valence electrons. The van der Waals surface area contributed by atoms with E-state index in [-0.39, 0.29) is 77.4 Å². The van der Waals surface area contributed by atoms with Crippen molar-refractivity contribution in [2.75, 3.05) is 63.0 Å². The van der Waals surface area contributed by atoms with E-state index in [2.05, 4.69) is 30.2 Å². The number of amides is 2. The van der Waals surface area contributed by atoms with Crippen LogP contribution < -0.4 is 24.8 Å². The fourth-order valence-electron chi connectivity index (χ4n) is 25.4. The number of ketones is 4. The van der Waals surface area contributed by atoms with E-state index in [9.17, 15) is 116 Å². The van der Waals surface area contributed by atoms with Gasteiger partial charge in [-0.05, 0) is 225 Å². The third-order valence-electron chi connectivity index (χ3n) is 31.5. The summed E-state index contributed by atoms with van der Waals surface area (Å²) in [6.07, 6.45) is 13.1. The molecule has 126 heavy (non-hydrogen) atoms. The molecule has 15 atom stereocenters. The van der Waals surface area contributed by atoms with Crippen LogP contribution in [0.5, 0.6) is 28.7 Å². The molecule has 7 aliphatic heterocycles. The van der Waals surface area contributed by atoms with Crippen molar-refractivity contribution < 1.29 is 146 Å². The summed E-state index contributed by atoms with van der Waals surface area (Å²) in [4.78, 5) is 82.5. The molecule has 12 fully saturated rings. The largest absolute Gasteiger partial charge is 0.524 e. The van der Waals surface area contributed by atoms with Gasteiger partial charge in [0.2, 0.25) is 12.8 Å². The molecule has 8 saturated carbocycles. The van der Waals surface area contributed by atoms with E-state index in [4.69, 9.17) is 26.8 Å². The summed E-state index contributed by atoms with van der Waals surface area (Å²) < 4.78 is 194. The number of rotatable bonds is 14. The summed E-state index contributed by atoms with van der Waals surface area (Å²) in [5.41, 5.74) is -12.5. The average molecular weight is 1840 g/mol. The summed E-state index contributed by atoms with van der Waals surface area (Å²) >= 11 is 0. The number of benzene rings is 4. The van der Waals surface area contributed by atoms with Gasteiger partial charge in [0, 0.05) is 110 Å². The van der Waals surface area contributed by atoms with Gasteiger partial charge in [-0.3, -0.25) is 48.4 Å². The number of carbonyl (C=O) groups excluding carboxylic acids is 6. The molecular weight excluding hydrogens is 1740 g/mol. The summed E-state index contributed by atoms with van der Waals surface area (Å²) in [5.74, 6) is 4.00. The summed E-state index contributed by atoms with van der Waals surface area (Å²) in [6.45, 7) is 7.35. The van der Waals surface area contributed by atoms with Gasteiger partial charge < -0.3 is 55.5 Å². The van der Waals surface area contributed by atoms with Gasteiger partial charge in [-0.15, -0.1) is 16.3 Å². The first-order valence-electron chi connectivity index (χ1n) is 42.9. The van der Waals surface area contributed by atoms with Gasteiger partial charge in [-0.1, -0.05) is 24.3 Å². The minimum Gasteiger partial charge on any atom is -0.505 e. The quantitative estimate of drug-likeness (QED) is 0.0268. The molecule has 0 radical (unpaired) electrons. The maximum Gasteiger partial charge on any atom is 0.524 e. The molecule has 19 aliphatic rings. The number of alkyl halides is 9. The highest BCUT2D eigenvalue weighted by atomic mass is 32.3. The Bertz CT molecular complexity index is 5520. The summed E-state index contributed by atoms with van der Waals surface area (Å²) in [7, 11) is -16.8. The third-order valence-corrected chi connectivity index (χ3v) is 34.0. The molecule has 8 N–H and O–H groups in total. The van der Waals surface area contributed by atoms with Gasteiger partial charge >= 0.3 is 48.0 Å². The topological polar surface area (TPSA) is 417 Å². The smallest absolute Gasteiger partial charge is 0.505 e. The van der Waals surface area contributed by atoms with Crippen molar-refractivity contribution in [3.63, 3.8) is 0 Å². The van der Waals surface area contributed by atoms with E-state index in [0.717, 1.165) is 129 Å². The molecule has 2 amide bonds. The Hall–Kier alpha value is -7.97. The predicted octanol–water partition coefficient (Wildman–Crippen LogP) is 7.17. The molecule has 29 nitrogen and oxygen atoms in total. The Morgan fingerprint density at radius 2 is 0.778 bits per heavy atom. The lowest BCUT2D eigenvalue weighted by Gasteiger charge is -2.63. The monoisotopic (exact) mass is 1830 g/mol. The van der Waals surface area contributed by atoms with Crippen molar-refractivity contribution in [1.29, 1.82) is 0 Å². The second-order valence-electron chi connectivity index (χ2n) is 37.9. The van der Waals surface area contributed by atoms with E-state index in [0.29, 0.717) is 130 Å². The Kier molecular flexibility index (Phi) is 21.5. The number of anilines is 2.